The number of nitrogens with zero attached hydrogens (tertiary/aromatic N) is 6. The second kappa shape index (κ2) is 7.10. The Hall–Kier alpha value is -2.61. The second-order valence-electron chi connectivity index (χ2n) is 5.93. The normalized spacial score (nSPS) is 12.2. The van der Waals surface area contributed by atoms with Crippen LogP contribution in [0.25, 0.3) is 5.69 Å². The van der Waals surface area contributed by atoms with Crippen molar-refractivity contribution in [2.45, 2.75) is 24.3 Å². The smallest absolute Gasteiger partial charge is 0.229 e. The summed E-state index contributed by atoms with van der Waals surface area (Å²) in [5, 5.41) is 0.860. The molecule has 2 N–H and O–H groups in total. The third-order valence-electron chi connectivity index (χ3n) is 3.59. The van der Waals surface area contributed by atoms with Crippen molar-refractivity contribution >= 4 is 23.7 Å². The van der Waals surface area contributed by atoms with Gasteiger partial charge in [-0.2, -0.15) is 15.0 Å². The Kier molecular flexibility index (Phi) is 4.89. The maximum absolute atomic E-state index is 5.83. The second-order valence-corrected chi connectivity index (χ2v) is 7.23. The SMILES string of the molecule is Cc1cccc(-n2ccnc2S[C@H](C)c2nc(N)nc(N(C)C)n2)c1. The summed E-state index contributed by atoms with van der Waals surface area (Å²) < 4.78 is 2.06. The molecule has 2 heterocycles. The minimum Gasteiger partial charge on any atom is -0.368 e. The molecule has 0 fully saturated rings. The number of rotatable bonds is 5. The van der Waals surface area contributed by atoms with E-state index in [1.54, 1.807) is 18.0 Å². The van der Waals surface area contributed by atoms with Crippen LogP contribution in [0.3, 0.4) is 0 Å². The Bertz CT molecular complexity index is 875. The van der Waals surface area contributed by atoms with Crippen LogP contribution in [0.1, 0.15) is 23.6 Å². The van der Waals surface area contributed by atoms with Crippen LogP contribution in [-0.2, 0) is 0 Å². The molecule has 25 heavy (non-hydrogen) atoms. The van der Waals surface area contributed by atoms with Gasteiger partial charge in [0.2, 0.25) is 11.9 Å². The van der Waals surface area contributed by atoms with E-state index in [-0.39, 0.29) is 11.2 Å². The zero-order valence-electron chi connectivity index (χ0n) is 14.7. The van der Waals surface area contributed by atoms with Crippen molar-refractivity contribution < 1.29 is 0 Å². The van der Waals surface area contributed by atoms with Crippen molar-refractivity contribution in [2.75, 3.05) is 24.7 Å². The number of anilines is 2. The summed E-state index contributed by atoms with van der Waals surface area (Å²) in [5.41, 5.74) is 8.11. The van der Waals surface area contributed by atoms with Crippen LogP contribution >= 0.6 is 11.8 Å². The highest BCUT2D eigenvalue weighted by molar-refractivity contribution is 7.99. The minimum absolute atomic E-state index is 0.0186. The van der Waals surface area contributed by atoms with Gasteiger partial charge in [0, 0.05) is 32.2 Å². The van der Waals surface area contributed by atoms with E-state index in [1.165, 1.54) is 5.56 Å². The Morgan fingerprint density at radius 3 is 2.72 bits per heavy atom. The summed E-state index contributed by atoms with van der Waals surface area (Å²) in [6.07, 6.45) is 3.75. The average Bonchev–Trinajstić information content (AvgIpc) is 3.02. The number of nitrogen functional groups attached to an aromatic ring is 1. The van der Waals surface area contributed by atoms with Crippen LogP contribution in [-0.4, -0.2) is 38.6 Å². The van der Waals surface area contributed by atoms with Gasteiger partial charge in [0.1, 0.15) is 5.82 Å². The molecule has 0 saturated heterocycles. The summed E-state index contributed by atoms with van der Waals surface area (Å²) >= 11 is 1.58. The first-order valence-electron chi connectivity index (χ1n) is 7.90. The highest BCUT2D eigenvalue weighted by atomic mass is 32.2. The van der Waals surface area contributed by atoms with Crippen LogP contribution in [0, 0.1) is 6.92 Å². The Morgan fingerprint density at radius 2 is 2.00 bits per heavy atom. The third kappa shape index (κ3) is 3.90. The standard InChI is InChI=1S/C17H21N7S/c1-11-6-5-7-13(10-11)24-9-8-19-17(24)25-12(2)14-20-15(18)22-16(21-14)23(3)4/h5-10,12H,1-4H3,(H2,18,20,21,22)/t12-/m1/s1. The number of benzene rings is 1. The van der Waals surface area contributed by atoms with Crippen molar-refractivity contribution in [2.24, 2.45) is 0 Å². The van der Waals surface area contributed by atoms with Gasteiger partial charge in [-0.05, 0) is 31.5 Å². The Balaban J connectivity index is 1.88. The van der Waals surface area contributed by atoms with Gasteiger partial charge < -0.3 is 10.6 Å². The Labute approximate surface area is 151 Å². The van der Waals surface area contributed by atoms with Crippen molar-refractivity contribution in [3.8, 4) is 5.69 Å². The molecule has 0 amide bonds. The summed E-state index contributed by atoms with van der Waals surface area (Å²) in [4.78, 5) is 19.2. The first-order valence-corrected chi connectivity index (χ1v) is 8.78. The molecular formula is C17H21N7S. The number of hydrogen-bond donors (Lipinski definition) is 1. The topological polar surface area (TPSA) is 85.8 Å². The van der Waals surface area contributed by atoms with E-state index in [0.29, 0.717) is 11.8 Å². The lowest BCUT2D eigenvalue weighted by Gasteiger charge is -2.15. The molecule has 0 spiro atoms. The van der Waals surface area contributed by atoms with E-state index in [9.17, 15) is 0 Å². The number of imidazole rings is 1. The van der Waals surface area contributed by atoms with E-state index in [4.69, 9.17) is 5.73 Å². The summed E-state index contributed by atoms with van der Waals surface area (Å²) in [6, 6.07) is 8.31. The van der Waals surface area contributed by atoms with Gasteiger partial charge in [-0.25, -0.2) is 4.98 Å². The number of aromatic nitrogens is 5. The molecule has 1 aromatic carbocycles. The van der Waals surface area contributed by atoms with E-state index in [0.717, 1.165) is 10.8 Å². The zero-order chi connectivity index (χ0) is 18.0. The third-order valence-corrected chi connectivity index (χ3v) is 4.67. The summed E-state index contributed by atoms with van der Waals surface area (Å²) in [6.45, 7) is 4.11. The minimum atomic E-state index is -0.0186. The monoisotopic (exact) mass is 355 g/mol. The molecule has 0 saturated carbocycles. The van der Waals surface area contributed by atoms with Crippen molar-refractivity contribution in [3.63, 3.8) is 0 Å². The average molecular weight is 355 g/mol. The highest BCUT2D eigenvalue weighted by Crippen LogP contribution is 2.33. The van der Waals surface area contributed by atoms with Gasteiger partial charge in [-0.15, -0.1) is 0 Å². The van der Waals surface area contributed by atoms with Gasteiger partial charge in [-0.1, -0.05) is 23.9 Å². The van der Waals surface area contributed by atoms with Gasteiger partial charge in [-0.3, -0.25) is 4.57 Å². The molecule has 0 unspecified atom stereocenters. The van der Waals surface area contributed by atoms with E-state index in [2.05, 4.69) is 49.6 Å². The molecule has 0 aliphatic rings. The van der Waals surface area contributed by atoms with Crippen LogP contribution < -0.4 is 10.6 Å². The molecular weight excluding hydrogens is 334 g/mol. The molecule has 0 aliphatic heterocycles. The fourth-order valence-electron chi connectivity index (χ4n) is 2.34. The fraction of sp³-hybridized carbons (Fsp3) is 0.294. The fourth-order valence-corrected chi connectivity index (χ4v) is 3.27. The van der Waals surface area contributed by atoms with Gasteiger partial charge >= 0.3 is 0 Å². The molecule has 0 radical (unpaired) electrons. The van der Waals surface area contributed by atoms with Crippen LogP contribution in [0.15, 0.2) is 41.8 Å². The predicted octanol–water partition coefficient (Wildman–Crippen LogP) is 2.87. The lowest BCUT2D eigenvalue weighted by molar-refractivity contribution is 0.846. The highest BCUT2D eigenvalue weighted by Gasteiger charge is 2.17. The Morgan fingerprint density at radius 1 is 1.20 bits per heavy atom. The molecule has 3 aromatic rings. The van der Waals surface area contributed by atoms with Gasteiger partial charge in [0.05, 0.1) is 5.25 Å². The van der Waals surface area contributed by atoms with E-state index >= 15 is 0 Å². The maximum atomic E-state index is 5.83. The zero-order valence-corrected chi connectivity index (χ0v) is 15.5. The lowest BCUT2D eigenvalue weighted by atomic mass is 10.2. The molecule has 3 rings (SSSR count). The van der Waals surface area contributed by atoms with Crippen LogP contribution in [0.2, 0.25) is 0 Å². The van der Waals surface area contributed by atoms with Crippen LogP contribution in [0.4, 0.5) is 11.9 Å². The predicted molar refractivity (Wildman–Crippen MR) is 101 cm³/mol. The maximum Gasteiger partial charge on any atom is 0.229 e. The lowest BCUT2D eigenvalue weighted by Crippen LogP contribution is -2.16. The largest absolute Gasteiger partial charge is 0.368 e. The van der Waals surface area contributed by atoms with Crippen LogP contribution in [0.5, 0.6) is 0 Å². The number of thioether (sulfide) groups is 1. The first kappa shape index (κ1) is 17.2. The number of nitrogens with two attached hydrogens (primary N) is 1. The summed E-state index contributed by atoms with van der Waals surface area (Å²) in [5.74, 6) is 1.42. The van der Waals surface area contributed by atoms with Gasteiger partial charge in [0.15, 0.2) is 5.16 Å². The van der Waals surface area contributed by atoms with Crippen molar-refractivity contribution in [3.05, 3.63) is 48.0 Å². The quantitative estimate of drug-likeness (QED) is 0.704. The van der Waals surface area contributed by atoms with E-state index in [1.807, 2.05) is 38.2 Å². The molecule has 2 aromatic heterocycles. The van der Waals surface area contributed by atoms with Crippen molar-refractivity contribution in [1.82, 2.24) is 24.5 Å². The molecule has 1 atom stereocenters. The molecule has 130 valence electrons. The van der Waals surface area contributed by atoms with Crippen molar-refractivity contribution in [1.29, 1.82) is 0 Å². The number of aryl methyl sites for hydroxylation is 1. The molecule has 0 bridgehead atoms. The van der Waals surface area contributed by atoms with Gasteiger partial charge in [0.25, 0.3) is 0 Å². The number of hydrogen-bond acceptors (Lipinski definition) is 7. The molecule has 0 aliphatic carbocycles. The summed E-state index contributed by atoms with van der Waals surface area (Å²) in [7, 11) is 3.75. The molecule has 8 heteroatoms. The molecule has 7 nitrogen and oxygen atoms in total. The van der Waals surface area contributed by atoms with E-state index < -0.39 is 0 Å². The first-order chi connectivity index (χ1) is 11.9.